The second-order valence-corrected chi connectivity index (χ2v) is 5.68. The summed E-state index contributed by atoms with van der Waals surface area (Å²) in [4.78, 5) is 10.6. The van der Waals surface area contributed by atoms with Crippen LogP contribution in [-0.2, 0) is 10.5 Å². The van der Waals surface area contributed by atoms with E-state index in [-0.39, 0.29) is 0 Å². The molecule has 0 spiro atoms. The Balaban J connectivity index is 2.62. The van der Waals surface area contributed by atoms with Crippen LogP contribution in [0.1, 0.15) is 12.5 Å². The third-order valence-electron chi connectivity index (χ3n) is 1.85. The minimum atomic E-state index is -0.798. The normalized spacial score (nSPS) is 12.5. The van der Waals surface area contributed by atoms with E-state index < -0.39 is 11.2 Å². The maximum absolute atomic E-state index is 10.6. The van der Waals surface area contributed by atoms with Crippen LogP contribution in [0, 0.1) is 0 Å². The fourth-order valence-electron chi connectivity index (χ4n) is 0.925. The Bertz CT molecular complexity index is 370. The molecule has 15 heavy (non-hydrogen) atoms. The number of carboxylic acids is 1. The van der Waals surface area contributed by atoms with Crippen molar-refractivity contribution in [1.82, 2.24) is 0 Å². The van der Waals surface area contributed by atoms with Crippen molar-refractivity contribution in [3.8, 4) is 0 Å². The number of hydrogen-bond donors (Lipinski definition) is 1. The molecule has 1 rings (SSSR count). The number of benzene rings is 1. The summed E-state index contributed by atoms with van der Waals surface area (Å²) in [6.45, 7) is 1.67. The van der Waals surface area contributed by atoms with Crippen LogP contribution in [-0.4, -0.2) is 16.3 Å². The van der Waals surface area contributed by atoms with E-state index in [0.717, 1.165) is 10.0 Å². The fraction of sp³-hybridized carbons (Fsp3) is 0.300. The SMILES string of the molecule is CC(SCc1ccc(Br)cc1Cl)C(=O)O. The third-order valence-corrected chi connectivity index (χ3v) is 3.88. The van der Waals surface area contributed by atoms with Gasteiger partial charge in [-0.3, -0.25) is 4.79 Å². The highest BCUT2D eigenvalue weighted by Gasteiger charge is 2.12. The minimum Gasteiger partial charge on any atom is -0.480 e. The maximum atomic E-state index is 10.6. The Morgan fingerprint density at radius 2 is 2.33 bits per heavy atom. The van der Waals surface area contributed by atoms with Crippen LogP contribution in [0.2, 0.25) is 5.02 Å². The zero-order valence-corrected chi connectivity index (χ0v) is 11.2. The second-order valence-electron chi connectivity index (χ2n) is 3.03. The number of halogens is 2. The standard InChI is InChI=1S/C10H10BrClO2S/c1-6(10(13)14)15-5-7-2-3-8(11)4-9(7)12/h2-4,6H,5H2,1H3,(H,13,14). The first-order valence-electron chi connectivity index (χ1n) is 4.29. The lowest BCUT2D eigenvalue weighted by Crippen LogP contribution is -2.11. The molecular formula is C10H10BrClO2S. The quantitative estimate of drug-likeness (QED) is 0.919. The molecular weight excluding hydrogens is 300 g/mol. The summed E-state index contributed by atoms with van der Waals surface area (Å²) >= 11 is 10.7. The van der Waals surface area contributed by atoms with Gasteiger partial charge >= 0.3 is 5.97 Å². The molecule has 0 saturated carbocycles. The van der Waals surface area contributed by atoms with Crippen molar-refractivity contribution in [1.29, 1.82) is 0 Å². The molecule has 0 aliphatic heterocycles. The number of carbonyl (C=O) groups is 1. The number of aliphatic carboxylic acids is 1. The van der Waals surface area contributed by atoms with Crippen LogP contribution in [0.25, 0.3) is 0 Å². The third kappa shape index (κ3) is 4.05. The predicted molar refractivity (Wildman–Crippen MR) is 67.5 cm³/mol. The zero-order valence-electron chi connectivity index (χ0n) is 8.04. The van der Waals surface area contributed by atoms with Gasteiger partial charge in [0.15, 0.2) is 0 Å². The molecule has 0 heterocycles. The Kier molecular flexibility index (Phi) is 4.96. The fourth-order valence-corrected chi connectivity index (χ4v) is 2.57. The van der Waals surface area contributed by atoms with E-state index >= 15 is 0 Å². The summed E-state index contributed by atoms with van der Waals surface area (Å²) in [7, 11) is 0. The average molecular weight is 310 g/mol. The smallest absolute Gasteiger partial charge is 0.316 e. The van der Waals surface area contributed by atoms with Crippen LogP contribution in [0.5, 0.6) is 0 Å². The average Bonchev–Trinajstić information content (AvgIpc) is 2.15. The van der Waals surface area contributed by atoms with Crippen molar-refractivity contribution in [2.75, 3.05) is 0 Å². The second kappa shape index (κ2) is 5.77. The van der Waals surface area contributed by atoms with E-state index in [1.54, 1.807) is 6.92 Å². The molecule has 1 N–H and O–H groups in total. The van der Waals surface area contributed by atoms with E-state index in [1.165, 1.54) is 11.8 Å². The van der Waals surface area contributed by atoms with Gasteiger partial charge in [-0.15, -0.1) is 11.8 Å². The van der Waals surface area contributed by atoms with Gasteiger partial charge in [-0.25, -0.2) is 0 Å². The Morgan fingerprint density at radius 1 is 1.67 bits per heavy atom. The first-order chi connectivity index (χ1) is 7.00. The number of hydrogen-bond acceptors (Lipinski definition) is 2. The van der Waals surface area contributed by atoms with Crippen LogP contribution >= 0.6 is 39.3 Å². The van der Waals surface area contributed by atoms with Gasteiger partial charge in [0.1, 0.15) is 0 Å². The number of rotatable bonds is 4. The lowest BCUT2D eigenvalue weighted by Gasteiger charge is -2.07. The van der Waals surface area contributed by atoms with Crippen LogP contribution in [0.15, 0.2) is 22.7 Å². The highest BCUT2D eigenvalue weighted by atomic mass is 79.9. The Hall–Kier alpha value is -0.190. The molecule has 2 nitrogen and oxygen atoms in total. The summed E-state index contributed by atoms with van der Waals surface area (Å²) in [5.41, 5.74) is 0.956. The Morgan fingerprint density at radius 3 is 2.87 bits per heavy atom. The van der Waals surface area contributed by atoms with Crippen LogP contribution in [0.3, 0.4) is 0 Å². The van der Waals surface area contributed by atoms with Crippen LogP contribution < -0.4 is 0 Å². The number of carboxylic acid groups (broad SMARTS) is 1. The summed E-state index contributed by atoms with van der Waals surface area (Å²) in [5, 5.41) is 8.96. The van der Waals surface area contributed by atoms with Crippen molar-refractivity contribution in [2.45, 2.75) is 17.9 Å². The van der Waals surface area contributed by atoms with E-state index in [9.17, 15) is 4.79 Å². The first-order valence-corrected chi connectivity index (χ1v) is 6.51. The van der Waals surface area contributed by atoms with Gasteiger partial charge in [0.25, 0.3) is 0 Å². The van der Waals surface area contributed by atoms with E-state index in [2.05, 4.69) is 15.9 Å². The van der Waals surface area contributed by atoms with Crippen molar-refractivity contribution >= 4 is 45.3 Å². The molecule has 1 unspecified atom stereocenters. The zero-order chi connectivity index (χ0) is 11.4. The molecule has 0 radical (unpaired) electrons. The highest BCUT2D eigenvalue weighted by molar-refractivity contribution is 9.10. The maximum Gasteiger partial charge on any atom is 0.316 e. The topological polar surface area (TPSA) is 37.3 Å². The molecule has 5 heteroatoms. The largest absolute Gasteiger partial charge is 0.480 e. The van der Waals surface area contributed by atoms with Gasteiger partial charge < -0.3 is 5.11 Å². The summed E-state index contributed by atoms with van der Waals surface area (Å²) in [6, 6.07) is 5.60. The summed E-state index contributed by atoms with van der Waals surface area (Å²) in [6.07, 6.45) is 0. The lowest BCUT2D eigenvalue weighted by atomic mass is 10.2. The molecule has 0 bridgehead atoms. The number of thioether (sulfide) groups is 1. The van der Waals surface area contributed by atoms with Crippen molar-refractivity contribution in [3.05, 3.63) is 33.3 Å². The van der Waals surface area contributed by atoms with Gasteiger partial charge in [-0.05, 0) is 24.6 Å². The molecule has 0 aliphatic carbocycles. The van der Waals surface area contributed by atoms with Crippen molar-refractivity contribution < 1.29 is 9.90 Å². The Labute approximate surface area is 106 Å². The van der Waals surface area contributed by atoms with Gasteiger partial charge in [0.05, 0.1) is 5.25 Å². The molecule has 1 aromatic carbocycles. The first kappa shape index (κ1) is 12.9. The van der Waals surface area contributed by atoms with Gasteiger partial charge in [-0.1, -0.05) is 33.6 Å². The van der Waals surface area contributed by atoms with E-state index in [0.29, 0.717) is 10.8 Å². The van der Waals surface area contributed by atoms with Gasteiger partial charge in [0.2, 0.25) is 0 Å². The molecule has 0 saturated heterocycles. The highest BCUT2D eigenvalue weighted by Crippen LogP contribution is 2.26. The summed E-state index contributed by atoms with van der Waals surface area (Å²) in [5.74, 6) is -0.187. The molecule has 82 valence electrons. The van der Waals surface area contributed by atoms with Crippen molar-refractivity contribution in [2.24, 2.45) is 0 Å². The minimum absolute atomic E-state index is 0.412. The molecule has 0 fully saturated rings. The molecule has 0 aliphatic rings. The van der Waals surface area contributed by atoms with Gasteiger partial charge in [-0.2, -0.15) is 0 Å². The summed E-state index contributed by atoms with van der Waals surface area (Å²) < 4.78 is 0.924. The van der Waals surface area contributed by atoms with Gasteiger partial charge in [0, 0.05) is 15.2 Å². The van der Waals surface area contributed by atoms with Crippen molar-refractivity contribution in [3.63, 3.8) is 0 Å². The molecule has 1 atom stereocenters. The molecule has 0 amide bonds. The molecule has 1 aromatic rings. The lowest BCUT2D eigenvalue weighted by molar-refractivity contribution is -0.136. The predicted octanol–water partition coefficient (Wildman–Crippen LogP) is 3.81. The van der Waals surface area contributed by atoms with E-state index in [4.69, 9.17) is 16.7 Å². The monoisotopic (exact) mass is 308 g/mol. The molecule has 0 aromatic heterocycles. The van der Waals surface area contributed by atoms with Crippen LogP contribution in [0.4, 0.5) is 0 Å². The van der Waals surface area contributed by atoms with E-state index in [1.807, 2.05) is 18.2 Å².